The van der Waals surface area contributed by atoms with Crippen LogP contribution in [0.15, 0.2) is 47.4 Å². The molecule has 0 saturated carbocycles. The molecule has 2 aromatic rings. The largest absolute Gasteiger partial charge is 0.495 e. The van der Waals surface area contributed by atoms with Crippen LogP contribution in [0.3, 0.4) is 0 Å². The van der Waals surface area contributed by atoms with Crippen molar-refractivity contribution in [1.29, 1.82) is 0 Å². The third-order valence-electron chi connectivity index (χ3n) is 3.57. The topological polar surface area (TPSA) is 140 Å². The number of urea groups is 1. The predicted molar refractivity (Wildman–Crippen MR) is 106 cm³/mol. The third kappa shape index (κ3) is 5.69. The summed E-state index contributed by atoms with van der Waals surface area (Å²) in [5.41, 5.74) is 0.985. The van der Waals surface area contributed by atoms with Gasteiger partial charge in [-0.25, -0.2) is 18.4 Å². The lowest BCUT2D eigenvalue weighted by atomic mass is 10.2. The Morgan fingerprint density at radius 1 is 1.04 bits per heavy atom. The summed E-state index contributed by atoms with van der Waals surface area (Å²) in [5.74, 6) is -0.201. The van der Waals surface area contributed by atoms with E-state index >= 15 is 0 Å². The summed E-state index contributed by atoms with van der Waals surface area (Å²) < 4.78 is 28.2. The second-order valence-electron chi connectivity index (χ2n) is 6.19. The van der Waals surface area contributed by atoms with E-state index in [0.717, 1.165) is 0 Å². The molecule has 28 heavy (non-hydrogen) atoms. The van der Waals surface area contributed by atoms with Crippen molar-refractivity contribution < 1.29 is 22.7 Å². The molecule has 3 amide bonds. The smallest absolute Gasteiger partial charge is 0.319 e. The lowest BCUT2D eigenvalue weighted by molar-refractivity contribution is 0.102. The van der Waals surface area contributed by atoms with Crippen molar-refractivity contribution in [2.75, 3.05) is 17.7 Å². The first-order valence-electron chi connectivity index (χ1n) is 8.30. The van der Waals surface area contributed by atoms with Gasteiger partial charge in [-0.3, -0.25) is 4.79 Å². The molecule has 0 spiro atoms. The van der Waals surface area contributed by atoms with Crippen molar-refractivity contribution in [2.24, 2.45) is 5.14 Å². The summed E-state index contributed by atoms with van der Waals surface area (Å²) in [6.07, 6.45) is 0. The first-order chi connectivity index (χ1) is 13.1. The van der Waals surface area contributed by atoms with Gasteiger partial charge in [0.1, 0.15) is 5.75 Å². The lowest BCUT2D eigenvalue weighted by Crippen LogP contribution is -2.34. The fourth-order valence-corrected chi connectivity index (χ4v) is 2.83. The lowest BCUT2D eigenvalue weighted by Gasteiger charge is -2.12. The maximum absolute atomic E-state index is 12.5. The molecule has 0 saturated heterocycles. The van der Waals surface area contributed by atoms with E-state index in [4.69, 9.17) is 9.88 Å². The van der Waals surface area contributed by atoms with Crippen LogP contribution in [0, 0.1) is 0 Å². The predicted octanol–water partition coefficient (Wildman–Crippen LogP) is 2.12. The second-order valence-corrected chi connectivity index (χ2v) is 7.75. The van der Waals surface area contributed by atoms with Crippen molar-refractivity contribution in [3.8, 4) is 5.75 Å². The number of rotatable bonds is 6. The third-order valence-corrected chi connectivity index (χ3v) is 4.48. The molecule has 0 aliphatic rings. The highest BCUT2D eigenvalue weighted by atomic mass is 32.2. The number of carbonyl (C=O) groups is 2. The summed E-state index contributed by atoms with van der Waals surface area (Å²) in [6.45, 7) is 3.68. The molecule has 2 aromatic carbocycles. The van der Waals surface area contributed by atoms with Gasteiger partial charge in [-0.2, -0.15) is 0 Å². The molecule has 150 valence electrons. The number of nitrogens with one attached hydrogen (secondary N) is 3. The minimum absolute atomic E-state index is 0.00636. The summed E-state index contributed by atoms with van der Waals surface area (Å²) in [6, 6.07) is 9.75. The van der Waals surface area contributed by atoms with E-state index in [1.807, 2.05) is 13.8 Å². The van der Waals surface area contributed by atoms with E-state index in [2.05, 4.69) is 16.0 Å². The van der Waals surface area contributed by atoms with Crippen LogP contribution in [0.5, 0.6) is 5.75 Å². The van der Waals surface area contributed by atoms with E-state index in [0.29, 0.717) is 11.3 Å². The van der Waals surface area contributed by atoms with E-state index < -0.39 is 15.9 Å². The molecule has 5 N–H and O–H groups in total. The van der Waals surface area contributed by atoms with E-state index in [-0.39, 0.29) is 28.4 Å². The van der Waals surface area contributed by atoms with Crippen LogP contribution in [0.1, 0.15) is 24.2 Å². The SMILES string of the molecule is COc1ccc(S(N)(=O)=O)cc1NC(=O)c1ccc(NC(=O)NC(C)C)cc1. The van der Waals surface area contributed by atoms with Gasteiger partial charge < -0.3 is 20.7 Å². The first-order valence-corrected chi connectivity index (χ1v) is 9.84. The van der Waals surface area contributed by atoms with Crippen molar-refractivity contribution >= 4 is 33.3 Å². The minimum atomic E-state index is -3.93. The normalized spacial score (nSPS) is 11.0. The van der Waals surface area contributed by atoms with Gasteiger partial charge in [0.15, 0.2) is 0 Å². The molecule has 0 aromatic heterocycles. The molecular weight excluding hydrogens is 384 g/mol. The van der Waals surface area contributed by atoms with Gasteiger partial charge >= 0.3 is 6.03 Å². The Morgan fingerprint density at radius 3 is 2.21 bits per heavy atom. The Kier molecular flexibility index (Phi) is 6.60. The van der Waals surface area contributed by atoms with Gasteiger partial charge in [-0.05, 0) is 56.3 Å². The molecular formula is C18H22N4O5S. The van der Waals surface area contributed by atoms with E-state index in [1.54, 1.807) is 12.1 Å². The Morgan fingerprint density at radius 2 is 1.68 bits per heavy atom. The van der Waals surface area contributed by atoms with Crippen LogP contribution in [-0.4, -0.2) is 33.5 Å². The number of anilines is 2. The Labute approximate surface area is 163 Å². The number of nitrogens with two attached hydrogens (primary N) is 1. The summed E-state index contributed by atoms with van der Waals surface area (Å²) in [7, 11) is -2.54. The highest BCUT2D eigenvalue weighted by Crippen LogP contribution is 2.27. The monoisotopic (exact) mass is 406 g/mol. The molecule has 0 radical (unpaired) electrons. The Balaban J connectivity index is 2.16. The number of benzene rings is 2. The maximum Gasteiger partial charge on any atom is 0.319 e. The van der Waals surface area contributed by atoms with Gasteiger partial charge in [-0.15, -0.1) is 0 Å². The van der Waals surface area contributed by atoms with E-state index in [1.165, 1.54) is 37.4 Å². The molecule has 0 bridgehead atoms. The quantitative estimate of drug-likeness (QED) is 0.582. The zero-order chi connectivity index (χ0) is 20.9. The van der Waals surface area contributed by atoms with Gasteiger partial charge in [-0.1, -0.05) is 0 Å². The zero-order valence-corrected chi connectivity index (χ0v) is 16.5. The molecule has 9 nitrogen and oxygen atoms in total. The van der Waals surface area contributed by atoms with Crippen LogP contribution >= 0.6 is 0 Å². The fourth-order valence-electron chi connectivity index (χ4n) is 2.29. The van der Waals surface area contributed by atoms with Gasteiger partial charge in [0.05, 0.1) is 17.7 Å². The number of methoxy groups -OCH3 is 1. The molecule has 0 aliphatic carbocycles. The van der Waals surface area contributed by atoms with Crippen LogP contribution in [0.4, 0.5) is 16.2 Å². The van der Waals surface area contributed by atoms with Crippen molar-refractivity contribution in [3.63, 3.8) is 0 Å². The second kappa shape index (κ2) is 8.72. The Bertz CT molecular complexity index is 972. The average molecular weight is 406 g/mol. The molecule has 0 fully saturated rings. The Hall–Kier alpha value is -3.11. The summed E-state index contributed by atoms with van der Waals surface area (Å²) >= 11 is 0. The fraction of sp³-hybridized carbons (Fsp3) is 0.222. The standard InChI is InChI=1S/C18H22N4O5S/c1-11(2)20-18(24)21-13-6-4-12(5-7-13)17(23)22-15-10-14(28(19,25)26)8-9-16(15)27-3/h4-11H,1-3H3,(H,22,23)(H2,19,25,26)(H2,20,21,24). The van der Waals surface area contributed by atoms with Crippen molar-refractivity contribution in [2.45, 2.75) is 24.8 Å². The van der Waals surface area contributed by atoms with E-state index in [9.17, 15) is 18.0 Å². The maximum atomic E-state index is 12.5. The molecule has 0 atom stereocenters. The van der Waals surface area contributed by atoms with Gasteiger partial charge in [0.25, 0.3) is 5.91 Å². The molecule has 0 heterocycles. The molecule has 0 unspecified atom stereocenters. The highest BCUT2D eigenvalue weighted by molar-refractivity contribution is 7.89. The number of ether oxygens (including phenoxy) is 1. The number of hydrogen-bond donors (Lipinski definition) is 4. The highest BCUT2D eigenvalue weighted by Gasteiger charge is 2.15. The number of carbonyl (C=O) groups excluding carboxylic acids is 2. The van der Waals surface area contributed by atoms with Crippen LogP contribution in [0.25, 0.3) is 0 Å². The van der Waals surface area contributed by atoms with Crippen LogP contribution < -0.4 is 25.8 Å². The number of primary sulfonamides is 1. The van der Waals surface area contributed by atoms with Crippen LogP contribution in [-0.2, 0) is 10.0 Å². The number of amides is 3. The van der Waals surface area contributed by atoms with Crippen LogP contribution in [0.2, 0.25) is 0 Å². The van der Waals surface area contributed by atoms with Crippen molar-refractivity contribution in [1.82, 2.24) is 5.32 Å². The minimum Gasteiger partial charge on any atom is -0.495 e. The molecule has 0 aliphatic heterocycles. The zero-order valence-electron chi connectivity index (χ0n) is 15.6. The summed E-state index contributed by atoms with van der Waals surface area (Å²) in [5, 5.41) is 13.1. The summed E-state index contributed by atoms with van der Waals surface area (Å²) in [4.78, 5) is 24.0. The van der Waals surface area contributed by atoms with Gasteiger partial charge in [0.2, 0.25) is 10.0 Å². The van der Waals surface area contributed by atoms with Gasteiger partial charge in [0, 0.05) is 17.3 Å². The first kappa shape index (κ1) is 21.2. The molecule has 2 rings (SSSR count). The number of hydrogen-bond acceptors (Lipinski definition) is 5. The number of sulfonamides is 1. The van der Waals surface area contributed by atoms with Crippen molar-refractivity contribution in [3.05, 3.63) is 48.0 Å². The molecule has 10 heteroatoms. The average Bonchev–Trinajstić information content (AvgIpc) is 2.60.